The van der Waals surface area contributed by atoms with Crippen LogP contribution in [0.1, 0.15) is 23.1 Å². The number of nitrogens with zero attached hydrogens (tertiary/aromatic N) is 1. The first kappa shape index (κ1) is 19.9. The topological polar surface area (TPSA) is 63.7 Å². The normalized spacial score (nSPS) is 14.0. The van der Waals surface area contributed by atoms with Crippen molar-refractivity contribution in [1.29, 1.82) is 0 Å². The van der Waals surface area contributed by atoms with Crippen molar-refractivity contribution in [2.45, 2.75) is 25.5 Å². The first-order valence-corrected chi connectivity index (χ1v) is 11.3. The number of halogens is 1. The van der Waals surface area contributed by atoms with Crippen molar-refractivity contribution in [1.82, 2.24) is 0 Å². The van der Waals surface area contributed by atoms with E-state index in [1.807, 2.05) is 25.1 Å². The zero-order chi connectivity index (χ0) is 19.6. The predicted molar refractivity (Wildman–Crippen MR) is 110 cm³/mol. The van der Waals surface area contributed by atoms with Crippen molar-refractivity contribution in [2.24, 2.45) is 0 Å². The monoisotopic (exact) mass is 451 g/mol. The summed E-state index contributed by atoms with van der Waals surface area (Å²) in [7, 11) is -2.02. The smallest absolute Gasteiger partial charge is 0.242 e. The van der Waals surface area contributed by atoms with Gasteiger partial charge in [-0.3, -0.25) is 4.79 Å². The van der Waals surface area contributed by atoms with Gasteiger partial charge in [0, 0.05) is 11.0 Å². The molecule has 0 saturated carbocycles. The molecule has 0 N–H and O–H groups in total. The minimum absolute atomic E-state index is 0.163. The molecule has 1 heterocycles. The molecule has 7 heteroatoms. The lowest BCUT2D eigenvalue weighted by Gasteiger charge is -2.32. The van der Waals surface area contributed by atoms with Gasteiger partial charge in [-0.2, -0.15) is 0 Å². The lowest BCUT2D eigenvalue weighted by molar-refractivity contribution is -0.116. The van der Waals surface area contributed by atoms with Crippen LogP contribution in [0.4, 0.5) is 5.69 Å². The van der Waals surface area contributed by atoms with E-state index in [1.54, 1.807) is 30.2 Å². The molecule has 2 aromatic rings. The minimum atomic E-state index is -3.59. The maximum atomic E-state index is 12.9. The van der Waals surface area contributed by atoms with Gasteiger partial charge in [-0.15, -0.1) is 0 Å². The molecule has 0 aromatic heterocycles. The molecule has 1 aliphatic heterocycles. The fourth-order valence-corrected chi connectivity index (χ4v) is 5.23. The lowest BCUT2D eigenvalue weighted by atomic mass is 9.96. The number of amides is 1. The quantitative estimate of drug-likeness (QED) is 0.695. The van der Waals surface area contributed by atoms with Gasteiger partial charge in [0.25, 0.3) is 0 Å². The molecular weight excluding hydrogens is 430 g/mol. The summed E-state index contributed by atoms with van der Waals surface area (Å²) in [6.45, 7) is 2.49. The van der Waals surface area contributed by atoms with E-state index in [0.29, 0.717) is 23.5 Å². The SMILES string of the molecule is COc1ccc(C)c2c1N(C(=O)CS(=O)(=O)Cc1cccc(Br)c1)CCC2. The third-order valence-corrected chi connectivity index (χ3v) is 6.65. The zero-order valence-corrected chi connectivity index (χ0v) is 17.8. The molecule has 144 valence electrons. The number of anilines is 1. The van der Waals surface area contributed by atoms with Gasteiger partial charge >= 0.3 is 0 Å². The van der Waals surface area contributed by atoms with Crippen LogP contribution in [-0.2, 0) is 26.8 Å². The van der Waals surface area contributed by atoms with E-state index in [0.717, 1.165) is 28.4 Å². The highest BCUT2D eigenvalue weighted by Gasteiger charge is 2.30. The van der Waals surface area contributed by atoms with Crippen LogP contribution in [0.2, 0.25) is 0 Å². The van der Waals surface area contributed by atoms with Crippen molar-refractivity contribution in [2.75, 3.05) is 24.3 Å². The van der Waals surface area contributed by atoms with Gasteiger partial charge < -0.3 is 9.64 Å². The number of hydrogen-bond donors (Lipinski definition) is 0. The number of aryl methyl sites for hydroxylation is 1. The fourth-order valence-electron chi connectivity index (χ4n) is 3.46. The molecule has 2 aromatic carbocycles. The van der Waals surface area contributed by atoms with Crippen molar-refractivity contribution >= 4 is 37.4 Å². The summed E-state index contributed by atoms with van der Waals surface area (Å²) in [5.74, 6) is -0.484. The van der Waals surface area contributed by atoms with E-state index in [1.165, 1.54) is 0 Å². The molecule has 27 heavy (non-hydrogen) atoms. The van der Waals surface area contributed by atoms with Crippen molar-refractivity contribution in [3.63, 3.8) is 0 Å². The Balaban J connectivity index is 1.84. The number of sulfone groups is 1. The van der Waals surface area contributed by atoms with E-state index < -0.39 is 21.5 Å². The first-order valence-electron chi connectivity index (χ1n) is 8.72. The summed E-state index contributed by atoms with van der Waals surface area (Å²) in [6.07, 6.45) is 1.66. The second-order valence-corrected chi connectivity index (χ2v) is 9.70. The van der Waals surface area contributed by atoms with Gasteiger partial charge in [0.05, 0.1) is 18.6 Å². The molecule has 0 fully saturated rings. The van der Waals surface area contributed by atoms with Crippen LogP contribution in [0.15, 0.2) is 40.9 Å². The molecule has 0 saturated heterocycles. The molecular formula is C20H22BrNO4S. The maximum absolute atomic E-state index is 12.9. The number of ether oxygens (including phenoxy) is 1. The highest BCUT2D eigenvalue weighted by molar-refractivity contribution is 9.10. The minimum Gasteiger partial charge on any atom is -0.495 e. The lowest BCUT2D eigenvalue weighted by Crippen LogP contribution is -2.40. The Labute approximate surface area is 168 Å². The van der Waals surface area contributed by atoms with Crippen molar-refractivity contribution < 1.29 is 17.9 Å². The second kappa shape index (κ2) is 8.02. The van der Waals surface area contributed by atoms with E-state index in [4.69, 9.17) is 4.74 Å². The summed E-state index contributed by atoms with van der Waals surface area (Å²) < 4.78 is 31.5. The standard InChI is InChI=1S/C20H22BrNO4S/c1-14-8-9-18(26-2)20-17(14)7-4-10-22(20)19(23)13-27(24,25)12-15-5-3-6-16(21)11-15/h3,5-6,8-9,11H,4,7,10,12-13H2,1-2H3. The maximum Gasteiger partial charge on any atom is 0.242 e. The Morgan fingerprint density at radius 1 is 1.26 bits per heavy atom. The molecule has 0 aliphatic carbocycles. The third kappa shape index (κ3) is 4.52. The molecule has 0 bridgehead atoms. The average molecular weight is 452 g/mol. The van der Waals surface area contributed by atoms with Crippen LogP contribution in [-0.4, -0.2) is 33.7 Å². The largest absolute Gasteiger partial charge is 0.495 e. The number of methoxy groups -OCH3 is 1. The van der Waals surface area contributed by atoms with Gasteiger partial charge in [-0.05, 0) is 54.7 Å². The third-order valence-electron chi connectivity index (χ3n) is 4.70. The van der Waals surface area contributed by atoms with Crippen LogP contribution < -0.4 is 9.64 Å². The van der Waals surface area contributed by atoms with E-state index in [-0.39, 0.29) is 5.75 Å². The van der Waals surface area contributed by atoms with Crippen LogP contribution in [0.25, 0.3) is 0 Å². The first-order chi connectivity index (χ1) is 12.8. The highest BCUT2D eigenvalue weighted by Crippen LogP contribution is 2.38. The number of hydrogen-bond acceptors (Lipinski definition) is 4. The van der Waals surface area contributed by atoms with Crippen molar-refractivity contribution in [3.05, 3.63) is 57.6 Å². The molecule has 3 rings (SSSR count). The Morgan fingerprint density at radius 2 is 2.04 bits per heavy atom. The highest BCUT2D eigenvalue weighted by atomic mass is 79.9. The summed E-state index contributed by atoms with van der Waals surface area (Å²) in [4.78, 5) is 14.5. The van der Waals surface area contributed by atoms with Crippen LogP contribution in [0, 0.1) is 6.92 Å². The fraction of sp³-hybridized carbons (Fsp3) is 0.350. The number of rotatable bonds is 5. The molecule has 0 spiro atoms. The predicted octanol–water partition coefficient (Wildman–Crippen LogP) is 3.66. The van der Waals surface area contributed by atoms with Gasteiger partial charge in [0.2, 0.25) is 5.91 Å². The zero-order valence-electron chi connectivity index (χ0n) is 15.4. The van der Waals surface area contributed by atoms with Gasteiger partial charge in [-0.25, -0.2) is 8.42 Å². The van der Waals surface area contributed by atoms with E-state index in [9.17, 15) is 13.2 Å². The number of fused-ring (bicyclic) bond motifs is 1. The van der Waals surface area contributed by atoms with Gasteiger partial charge in [-0.1, -0.05) is 34.1 Å². The average Bonchev–Trinajstić information content (AvgIpc) is 2.61. The molecule has 0 atom stereocenters. The molecule has 5 nitrogen and oxygen atoms in total. The van der Waals surface area contributed by atoms with Gasteiger partial charge in [0.1, 0.15) is 11.5 Å². The Bertz CT molecular complexity index is 972. The van der Waals surface area contributed by atoms with Gasteiger partial charge in [0.15, 0.2) is 9.84 Å². The Hall–Kier alpha value is -1.86. The Kier molecular flexibility index (Phi) is 5.91. The van der Waals surface area contributed by atoms with E-state index >= 15 is 0 Å². The molecule has 0 unspecified atom stereocenters. The summed E-state index contributed by atoms with van der Waals surface area (Å²) in [6, 6.07) is 10.9. The second-order valence-electron chi connectivity index (χ2n) is 6.72. The van der Waals surface area contributed by atoms with Crippen LogP contribution >= 0.6 is 15.9 Å². The number of carbonyl (C=O) groups excluding carboxylic acids is 1. The summed E-state index contributed by atoms with van der Waals surface area (Å²) in [5.41, 5.74) is 3.51. The molecule has 0 radical (unpaired) electrons. The van der Waals surface area contributed by atoms with Crippen LogP contribution in [0.3, 0.4) is 0 Å². The Morgan fingerprint density at radius 3 is 2.74 bits per heavy atom. The van der Waals surface area contributed by atoms with Crippen LogP contribution in [0.5, 0.6) is 5.75 Å². The van der Waals surface area contributed by atoms with E-state index in [2.05, 4.69) is 15.9 Å². The molecule has 1 aliphatic rings. The number of benzene rings is 2. The summed E-state index contributed by atoms with van der Waals surface area (Å²) >= 11 is 3.34. The number of carbonyl (C=O) groups is 1. The summed E-state index contributed by atoms with van der Waals surface area (Å²) in [5, 5.41) is 0. The van der Waals surface area contributed by atoms with Crippen molar-refractivity contribution in [3.8, 4) is 5.75 Å². The molecule has 1 amide bonds.